The van der Waals surface area contributed by atoms with E-state index < -0.39 is 0 Å². The molecule has 78 valence electrons. The molecule has 0 saturated heterocycles. The van der Waals surface area contributed by atoms with E-state index >= 15 is 0 Å². The Morgan fingerprint density at radius 1 is 1.57 bits per heavy atom. The zero-order valence-electron chi connectivity index (χ0n) is 8.03. The molecule has 0 aliphatic rings. The van der Waals surface area contributed by atoms with Crippen LogP contribution in [-0.2, 0) is 11.3 Å². The molecular formula is C10H14BrNO2. The molecule has 0 bridgehead atoms. The van der Waals surface area contributed by atoms with E-state index in [9.17, 15) is 0 Å². The third-order valence-corrected chi connectivity index (χ3v) is 2.74. The molecule has 0 spiro atoms. The summed E-state index contributed by atoms with van der Waals surface area (Å²) in [7, 11) is 1.65. The maximum absolute atomic E-state index is 8.89. The van der Waals surface area contributed by atoms with Gasteiger partial charge in [0.15, 0.2) is 0 Å². The molecule has 0 aliphatic heterocycles. The van der Waals surface area contributed by atoms with Gasteiger partial charge in [-0.05, 0) is 17.2 Å². The van der Waals surface area contributed by atoms with Crippen molar-refractivity contribution in [3.05, 3.63) is 33.8 Å². The van der Waals surface area contributed by atoms with E-state index in [-0.39, 0.29) is 12.6 Å². The minimum absolute atomic E-state index is 0.0456. The van der Waals surface area contributed by atoms with Gasteiger partial charge in [0.05, 0.1) is 19.3 Å². The first-order chi connectivity index (χ1) is 6.69. The second-order valence-corrected chi connectivity index (χ2v) is 3.93. The highest BCUT2D eigenvalue weighted by atomic mass is 79.9. The molecule has 0 aromatic heterocycles. The highest BCUT2D eigenvalue weighted by Crippen LogP contribution is 2.22. The predicted molar refractivity (Wildman–Crippen MR) is 58.9 cm³/mol. The van der Waals surface area contributed by atoms with Gasteiger partial charge in [-0.2, -0.15) is 0 Å². The van der Waals surface area contributed by atoms with Crippen molar-refractivity contribution in [2.24, 2.45) is 5.73 Å². The molecule has 1 aromatic carbocycles. The summed E-state index contributed by atoms with van der Waals surface area (Å²) in [4.78, 5) is 0. The summed E-state index contributed by atoms with van der Waals surface area (Å²) in [5.74, 6) is 0. The smallest absolute Gasteiger partial charge is 0.0724 e. The summed E-state index contributed by atoms with van der Waals surface area (Å²) >= 11 is 3.43. The van der Waals surface area contributed by atoms with Gasteiger partial charge in [0.1, 0.15) is 0 Å². The Hall–Kier alpha value is -0.420. The molecule has 0 heterocycles. The van der Waals surface area contributed by atoms with Gasteiger partial charge in [0.2, 0.25) is 0 Å². The van der Waals surface area contributed by atoms with Crippen LogP contribution < -0.4 is 5.73 Å². The summed E-state index contributed by atoms with van der Waals surface area (Å²) in [5, 5.41) is 8.89. The lowest BCUT2D eigenvalue weighted by atomic mass is 10.1. The predicted octanol–water partition coefficient (Wildman–Crippen LogP) is 1.59. The van der Waals surface area contributed by atoms with E-state index in [1.807, 2.05) is 18.2 Å². The van der Waals surface area contributed by atoms with E-state index in [1.165, 1.54) is 0 Å². The van der Waals surface area contributed by atoms with Crippen molar-refractivity contribution < 1.29 is 9.84 Å². The third kappa shape index (κ3) is 2.78. The Morgan fingerprint density at radius 2 is 2.29 bits per heavy atom. The van der Waals surface area contributed by atoms with Gasteiger partial charge in [0, 0.05) is 11.6 Å². The zero-order chi connectivity index (χ0) is 10.6. The minimum Gasteiger partial charge on any atom is -0.394 e. The summed E-state index contributed by atoms with van der Waals surface area (Å²) in [6.45, 7) is 0.519. The van der Waals surface area contributed by atoms with Gasteiger partial charge in [-0.3, -0.25) is 0 Å². The Labute approximate surface area is 92.0 Å². The van der Waals surface area contributed by atoms with Crippen LogP contribution in [0, 0.1) is 0 Å². The van der Waals surface area contributed by atoms with Gasteiger partial charge in [-0.15, -0.1) is 0 Å². The summed E-state index contributed by atoms with van der Waals surface area (Å²) < 4.78 is 5.98. The molecule has 1 rings (SSSR count). The van der Waals surface area contributed by atoms with Crippen molar-refractivity contribution >= 4 is 15.9 Å². The molecule has 0 amide bonds. The largest absolute Gasteiger partial charge is 0.394 e. The molecule has 3 nitrogen and oxygen atoms in total. The normalized spacial score (nSPS) is 12.9. The highest BCUT2D eigenvalue weighted by Gasteiger charge is 2.06. The number of hydrogen-bond donors (Lipinski definition) is 2. The Kier molecular flexibility index (Phi) is 4.54. The zero-order valence-corrected chi connectivity index (χ0v) is 9.62. The highest BCUT2D eigenvalue weighted by molar-refractivity contribution is 9.10. The third-order valence-electron chi connectivity index (χ3n) is 2.00. The maximum Gasteiger partial charge on any atom is 0.0724 e. The summed E-state index contributed by atoms with van der Waals surface area (Å²) in [6.07, 6.45) is 0. The fourth-order valence-electron chi connectivity index (χ4n) is 1.17. The topological polar surface area (TPSA) is 55.5 Å². The fourth-order valence-corrected chi connectivity index (χ4v) is 1.68. The van der Waals surface area contributed by atoms with Gasteiger partial charge in [-0.25, -0.2) is 0 Å². The number of benzene rings is 1. The maximum atomic E-state index is 8.89. The lowest BCUT2D eigenvalue weighted by molar-refractivity contribution is 0.184. The number of aliphatic hydroxyl groups excluding tert-OH is 1. The molecular weight excluding hydrogens is 246 g/mol. The lowest BCUT2D eigenvalue weighted by Crippen LogP contribution is -2.14. The molecule has 1 aromatic rings. The Bertz CT molecular complexity index is 304. The molecule has 3 N–H and O–H groups in total. The molecule has 1 unspecified atom stereocenters. The monoisotopic (exact) mass is 259 g/mol. The first-order valence-corrected chi connectivity index (χ1v) is 5.12. The minimum atomic E-state index is -0.317. The standard InChI is InChI=1S/C10H14BrNO2/c1-14-6-8-3-2-7(4-9(8)11)10(12)5-13/h2-4,10,13H,5-6,12H2,1H3. The number of rotatable bonds is 4. The van der Waals surface area contributed by atoms with Crippen molar-refractivity contribution in [3.8, 4) is 0 Å². The summed E-state index contributed by atoms with van der Waals surface area (Å²) in [5.41, 5.74) is 7.67. The van der Waals surface area contributed by atoms with Gasteiger partial charge in [0.25, 0.3) is 0 Å². The van der Waals surface area contributed by atoms with Crippen LogP contribution in [0.2, 0.25) is 0 Å². The van der Waals surface area contributed by atoms with Crippen LogP contribution in [-0.4, -0.2) is 18.8 Å². The molecule has 0 saturated carbocycles. The van der Waals surface area contributed by atoms with Crippen molar-refractivity contribution in [1.82, 2.24) is 0 Å². The molecule has 0 radical (unpaired) electrons. The van der Waals surface area contributed by atoms with E-state index in [1.54, 1.807) is 7.11 Å². The van der Waals surface area contributed by atoms with Gasteiger partial charge < -0.3 is 15.6 Å². The van der Waals surface area contributed by atoms with Crippen LogP contribution in [0.25, 0.3) is 0 Å². The Balaban J connectivity index is 2.88. The van der Waals surface area contributed by atoms with Crippen LogP contribution in [0.1, 0.15) is 17.2 Å². The van der Waals surface area contributed by atoms with Crippen molar-refractivity contribution in [2.75, 3.05) is 13.7 Å². The SMILES string of the molecule is COCc1ccc(C(N)CO)cc1Br. The Morgan fingerprint density at radius 3 is 2.79 bits per heavy atom. The lowest BCUT2D eigenvalue weighted by Gasteiger charge is -2.11. The second kappa shape index (κ2) is 5.46. The molecule has 0 fully saturated rings. The van der Waals surface area contributed by atoms with Crippen molar-refractivity contribution in [1.29, 1.82) is 0 Å². The van der Waals surface area contributed by atoms with E-state index in [4.69, 9.17) is 15.6 Å². The van der Waals surface area contributed by atoms with Crippen LogP contribution in [0.15, 0.2) is 22.7 Å². The number of methoxy groups -OCH3 is 1. The number of ether oxygens (including phenoxy) is 1. The van der Waals surface area contributed by atoms with Crippen LogP contribution in [0.4, 0.5) is 0 Å². The molecule has 4 heteroatoms. The number of hydrogen-bond acceptors (Lipinski definition) is 3. The molecule has 1 atom stereocenters. The van der Waals surface area contributed by atoms with Crippen molar-refractivity contribution in [3.63, 3.8) is 0 Å². The van der Waals surface area contributed by atoms with Crippen molar-refractivity contribution in [2.45, 2.75) is 12.6 Å². The van der Waals surface area contributed by atoms with Gasteiger partial charge >= 0.3 is 0 Å². The fraction of sp³-hybridized carbons (Fsp3) is 0.400. The number of halogens is 1. The van der Waals surface area contributed by atoms with Crippen LogP contribution in [0.5, 0.6) is 0 Å². The molecule has 0 aliphatic carbocycles. The van der Waals surface area contributed by atoms with E-state index in [0.29, 0.717) is 6.61 Å². The average Bonchev–Trinajstić information content (AvgIpc) is 2.20. The quantitative estimate of drug-likeness (QED) is 0.864. The number of nitrogens with two attached hydrogens (primary N) is 1. The van der Waals surface area contributed by atoms with E-state index in [2.05, 4.69) is 15.9 Å². The first kappa shape index (κ1) is 11.7. The van der Waals surface area contributed by atoms with Gasteiger partial charge in [-0.1, -0.05) is 28.1 Å². The number of aliphatic hydroxyl groups is 1. The second-order valence-electron chi connectivity index (χ2n) is 3.07. The average molecular weight is 260 g/mol. The first-order valence-electron chi connectivity index (χ1n) is 4.32. The van der Waals surface area contributed by atoms with Crippen LogP contribution in [0.3, 0.4) is 0 Å². The van der Waals surface area contributed by atoms with E-state index in [0.717, 1.165) is 15.6 Å². The summed E-state index contributed by atoms with van der Waals surface area (Å²) in [6, 6.07) is 5.44. The molecule has 14 heavy (non-hydrogen) atoms. The van der Waals surface area contributed by atoms with Crippen LogP contribution >= 0.6 is 15.9 Å².